The molecule has 0 spiro atoms. The Balaban J connectivity index is 1.82. The lowest BCUT2D eigenvalue weighted by atomic mass is 10.0. The number of nitrogens with one attached hydrogen (secondary N) is 1. The number of urea groups is 1. The van der Waals surface area contributed by atoms with Gasteiger partial charge in [0.2, 0.25) is 0 Å². The molecule has 0 aliphatic carbocycles. The number of carbonyl (C=O) groups is 1. The second kappa shape index (κ2) is 7.68. The van der Waals surface area contributed by atoms with Gasteiger partial charge in [-0.05, 0) is 31.9 Å². The van der Waals surface area contributed by atoms with Gasteiger partial charge in [-0.2, -0.15) is 0 Å². The molecule has 2 amide bonds. The molecular formula is C19H25N3O4. The highest BCUT2D eigenvalue weighted by Gasteiger charge is 2.34. The van der Waals surface area contributed by atoms with E-state index in [2.05, 4.69) is 10.5 Å². The van der Waals surface area contributed by atoms with Gasteiger partial charge in [0.05, 0.1) is 31.6 Å². The minimum Gasteiger partial charge on any atom is -0.497 e. The van der Waals surface area contributed by atoms with Gasteiger partial charge in [-0.1, -0.05) is 12.1 Å². The van der Waals surface area contributed by atoms with Crippen LogP contribution in [0.15, 0.2) is 22.7 Å². The Morgan fingerprint density at radius 1 is 1.38 bits per heavy atom. The van der Waals surface area contributed by atoms with Crippen molar-refractivity contribution in [1.29, 1.82) is 0 Å². The summed E-state index contributed by atoms with van der Waals surface area (Å²) >= 11 is 0. The Kier molecular flexibility index (Phi) is 5.35. The Morgan fingerprint density at radius 2 is 2.19 bits per heavy atom. The molecule has 2 heterocycles. The molecule has 1 aliphatic heterocycles. The molecule has 0 bridgehead atoms. The van der Waals surface area contributed by atoms with Gasteiger partial charge in [0.25, 0.3) is 0 Å². The first-order chi connectivity index (χ1) is 12.6. The van der Waals surface area contributed by atoms with Crippen LogP contribution in [0.2, 0.25) is 0 Å². The van der Waals surface area contributed by atoms with Gasteiger partial charge in [0.15, 0.2) is 0 Å². The molecule has 7 nitrogen and oxygen atoms in total. The Morgan fingerprint density at radius 3 is 2.88 bits per heavy atom. The summed E-state index contributed by atoms with van der Waals surface area (Å²) in [4.78, 5) is 14.8. The number of hydrogen-bond donors (Lipinski definition) is 1. The first kappa shape index (κ1) is 18.1. The van der Waals surface area contributed by atoms with Gasteiger partial charge in [0.1, 0.15) is 17.3 Å². The molecule has 7 heteroatoms. The summed E-state index contributed by atoms with van der Waals surface area (Å²) in [6.45, 7) is 4.66. The summed E-state index contributed by atoms with van der Waals surface area (Å²) in [5.74, 6) is 2.09. The molecule has 26 heavy (non-hydrogen) atoms. The Hall–Kier alpha value is -2.70. The number of methoxy groups -OCH3 is 2. The van der Waals surface area contributed by atoms with E-state index in [1.165, 1.54) is 0 Å². The maximum Gasteiger partial charge on any atom is 0.322 e. The summed E-state index contributed by atoms with van der Waals surface area (Å²) < 4.78 is 16.0. The number of nitrogens with zero attached hydrogens (tertiary/aromatic N) is 2. The van der Waals surface area contributed by atoms with Crippen molar-refractivity contribution in [2.75, 3.05) is 26.1 Å². The predicted octanol–water partition coefficient (Wildman–Crippen LogP) is 3.93. The molecule has 1 N–H and O–H groups in total. The third kappa shape index (κ3) is 3.34. The fraction of sp³-hybridized carbons (Fsp3) is 0.474. The van der Waals surface area contributed by atoms with Crippen LogP contribution < -0.4 is 14.8 Å². The van der Waals surface area contributed by atoms with E-state index in [4.69, 9.17) is 14.0 Å². The lowest BCUT2D eigenvalue weighted by Crippen LogP contribution is -2.35. The maximum atomic E-state index is 12.9. The predicted molar refractivity (Wildman–Crippen MR) is 97.9 cm³/mol. The van der Waals surface area contributed by atoms with Crippen LogP contribution in [-0.4, -0.2) is 36.9 Å². The molecule has 1 aromatic carbocycles. The Bertz CT molecular complexity index is 787. The number of rotatable bonds is 5. The van der Waals surface area contributed by atoms with E-state index >= 15 is 0 Å². The zero-order valence-electron chi connectivity index (χ0n) is 15.7. The van der Waals surface area contributed by atoms with Gasteiger partial charge in [0, 0.05) is 24.6 Å². The van der Waals surface area contributed by atoms with Crippen molar-refractivity contribution < 1.29 is 18.8 Å². The first-order valence-corrected chi connectivity index (χ1v) is 8.83. The summed E-state index contributed by atoms with van der Waals surface area (Å²) in [5, 5.41) is 7.05. The van der Waals surface area contributed by atoms with Gasteiger partial charge in [-0.25, -0.2) is 4.79 Å². The van der Waals surface area contributed by atoms with Gasteiger partial charge >= 0.3 is 6.03 Å². The SMILES string of the molecule is CCc1onc(C)c1C1CCCN1C(=O)Nc1ccc(OC)cc1OC. The van der Waals surface area contributed by atoms with E-state index in [-0.39, 0.29) is 12.1 Å². The van der Waals surface area contributed by atoms with Crippen molar-refractivity contribution in [3.05, 3.63) is 35.2 Å². The second-order valence-corrected chi connectivity index (χ2v) is 6.31. The average Bonchev–Trinajstić information content (AvgIpc) is 3.27. The van der Waals surface area contributed by atoms with Gasteiger partial charge in [-0.15, -0.1) is 0 Å². The molecule has 0 saturated carbocycles. The number of hydrogen-bond acceptors (Lipinski definition) is 5. The van der Waals surface area contributed by atoms with Crippen LogP contribution in [-0.2, 0) is 6.42 Å². The summed E-state index contributed by atoms with van der Waals surface area (Å²) in [6, 6.07) is 5.15. The molecule has 1 saturated heterocycles. The highest BCUT2D eigenvalue weighted by molar-refractivity contribution is 5.91. The Labute approximate surface area is 153 Å². The van der Waals surface area contributed by atoms with Crippen LogP contribution >= 0.6 is 0 Å². The molecule has 3 rings (SSSR count). The molecular weight excluding hydrogens is 334 g/mol. The third-order valence-electron chi connectivity index (χ3n) is 4.80. The quantitative estimate of drug-likeness (QED) is 0.875. The average molecular weight is 359 g/mol. The highest BCUT2D eigenvalue weighted by atomic mass is 16.5. The molecule has 1 unspecified atom stereocenters. The van der Waals surface area contributed by atoms with Crippen LogP contribution in [0.1, 0.15) is 42.8 Å². The monoisotopic (exact) mass is 359 g/mol. The second-order valence-electron chi connectivity index (χ2n) is 6.31. The van der Waals surface area contributed by atoms with E-state index in [9.17, 15) is 4.79 Å². The van der Waals surface area contributed by atoms with E-state index in [1.54, 1.807) is 32.4 Å². The van der Waals surface area contributed by atoms with Gasteiger partial charge < -0.3 is 24.2 Å². The smallest absolute Gasteiger partial charge is 0.322 e. The van der Waals surface area contributed by atoms with Crippen molar-refractivity contribution in [2.24, 2.45) is 0 Å². The number of aromatic nitrogens is 1. The maximum absolute atomic E-state index is 12.9. The summed E-state index contributed by atoms with van der Waals surface area (Å²) in [6.07, 6.45) is 2.61. The van der Waals surface area contributed by atoms with Crippen LogP contribution in [0.4, 0.5) is 10.5 Å². The van der Waals surface area contributed by atoms with Gasteiger partial charge in [-0.3, -0.25) is 0 Å². The first-order valence-electron chi connectivity index (χ1n) is 8.83. The molecule has 1 aromatic heterocycles. The number of likely N-dealkylation sites (tertiary alicyclic amines) is 1. The lowest BCUT2D eigenvalue weighted by Gasteiger charge is -2.25. The molecule has 2 aromatic rings. The highest BCUT2D eigenvalue weighted by Crippen LogP contribution is 2.37. The topological polar surface area (TPSA) is 76.8 Å². The van der Waals surface area contributed by atoms with E-state index in [1.807, 2.05) is 18.7 Å². The minimum atomic E-state index is -0.154. The van der Waals surface area contributed by atoms with Crippen LogP contribution in [0.5, 0.6) is 11.5 Å². The number of anilines is 1. The fourth-order valence-corrected chi connectivity index (χ4v) is 3.50. The number of carbonyl (C=O) groups excluding carboxylic acids is 1. The zero-order valence-corrected chi connectivity index (χ0v) is 15.7. The van der Waals surface area contributed by atoms with Crippen molar-refractivity contribution in [1.82, 2.24) is 10.1 Å². The molecule has 1 aliphatic rings. The molecule has 1 atom stereocenters. The summed E-state index contributed by atoms with van der Waals surface area (Å²) in [5.41, 5.74) is 2.51. The van der Waals surface area contributed by atoms with Crippen LogP contribution in [0, 0.1) is 6.92 Å². The number of benzene rings is 1. The van der Waals surface area contributed by atoms with E-state index < -0.39 is 0 Å². The lowest BCUT2D eigenvalue weighted by molar-refractivity contribution is 0.206. The molecule has 140 valence electrons. The third-order valence-corrected chi connectivity index (χ3v) is 4.80. The van der Waals surface area contributed by atoms with Crippen LogP contribution in [0.3, 0.4) is 0 Å². The number of amides is 2. The van der Waals surface area contributed by atoms with Crippen LogP contribution in [0.25, 0.3) is 0 Å². The largest absolute Gasteiger partial charge is 0.497 e. The normalized spacial score (nSPS) is 16.6. The minimum absolute atomic E-state index is 0.0135. The van der Waals surface area contributed by atoms with Crippen molar-refractivity contribution in [3.8, 4) is 11.5 Å². The van der Waals surface area contributed by atoms with Crippen molar-refractivity contribution >= 4 is 11.7 Å². The molecule has 1 fully saturated rings. The standard InChI is InChI=1S/C19H25N3O4/c1-5-16-18(12(2)21-26-16)15-7-6-10-22(15)19(23)20-14-9-8-13(24-3)11-17(14)25-4/h8-9,11,15H,5-7,10H2,1-4H3,(H,20,23). The van der Waals surface area contributed by atoms with E-state index in [0.29, 0.717) is 23.7 Å². The summed E-state index contributed by atoms with van der Waals surface area (Å²) in [7, 11) is 3.16. The fourth-order valence-electron chi connectivity index (χ4n) is 3.50. The van der Waals surface area contributed by atoms with Crippen molar-refractivity contribution in [2.45, 2.75) is 39.2 Å². The number of ether oxygens (including phenoxy) is 2. The zero-order chi connectivity index (χ0) is 18.7. The van der Waals surface area contributed by atoms with E-state index in [0.717, 1.165) is 36.3 Å². The number of aryl methyl sites for hydroxylation is 2. The molecule has 0 radical (unpaired) electrons. The van der Waals surface area contributed by atoms with Crippen molar-refractivity contribution in [3.63, 3.8) is 0 Å².